The van der Waals surface area contributed by atoms with E-state index < -0.39 is 0 Å². The van der Waals surface area contributed by atoms with Crippen molar-refractivity contribution in [3.05, 3.63) is 41.9 Å². The Morgan fingerprint density at radius 2 is 1.93 bits per heavy atom. The summed E-state index contributed by atoms with van der Waals surface area (Å²) < 4.78 is 5.46. The molecule has 1 aliphatic heterocycles. The second kappa shape index (κ2) is 8.91. The molecule has 1 aromatic carbocycles. The third kappa shape index (κ3) is 4.52. The van der Waals surface area contributed by atoms with Crippen molar-refractivity contribution in [2.75, 3.05) is 43.5 Å². The highest BCUT2D eigenvalue weighted by Gasteiger charge is 2.25. The summed E-state index contributed by atoms with van der Waals surface area (Å²) in [5, 5.41) is 3.33. The van der Waals surface area contributed by atoms with Crippen LogP contribution in [0.2, 0.25) is 0 Å². The van der Waals surface area contributed by atoms with E-state index in [1.165, 1.54) is 0 Å². The van der Waals surface area contributed by atoms with Gasteiger partial charge in [-0.15, -0.1) is 0 Å². The molecule has 1 aromatic heterocycles. The lowest BCUT2D eigenvalue weighted by atomic mass is 10.2. The van der Waals surface area contributed by atoms with Crippen LogP contribution in [0.15, 0.2) is 30.3 Å². The van der Waals surface area contributed by atoms with E-state index in [1.807, 2.05) is 30.0 Å². The predicted molar refractivity (Wildman–Crippen MR) is 111 cm³/mol. The molecule has 1 fully saturated rings. The number of aromatic nitrogens is 2. The molecule has 1 atom stereocenters. The van der Waals surface area contributed by atoms with Crippen LogP contribution in [-0.2, 0) is 0 Å². The molecule has 7 heteroatoms. The van der Waals surface area contributed by atoms with Crippen LogP contribution < -0.4 is 15.0 Å². The fourth-order valence-corrected chi connectivity index (χ4v) is 3.31. The molecule has 1 aliphatic rings. The van der Waals surface area contributed by atoms with Crippen molar-refractivity contribution in [2.45, 2.75) is 33.2 Å². The van der Waals surface area contributed by atoms with Gasteiger partial charge in [-0.25, -0.2) is 9.97 Å². The molecule has 1 N–H and O–H groups in total. The summed E-state index contributed by atoms with van der Waals surface area (Å²) in [7, 11) is 1.68. The summed E-state index contributed by atoms with van der Waals surface area (Å²) in [5.41, 5.74) is 1.51. The number of para-hydroxylation sites is 2. The first-order valence-electron chi connectivity index (χ1n) is 9.81. The highest BCUT2D eigenvalue weighted by molar-refractivity contribution is 5.93. The maximum Gasteiger partial charge on any atom is 0.272 e. The second-order valence-corrected chi connectivity index (χ2v) is 7.09. The summed E-state index contributed by atoms with van der Waals surface area (Å²) in [5.74, 6) is 2.12. The third-order valence-corrected chi connectivity index (χ3v) is 5.06. The van der Waals surface area contributed by atoms with Crippen LogP contribution in [-0.4, -0.2) is 60.1 Å². The van der Waals surface area contributed by atoms with Gasteiger partial charge in [-0.1, -0.05) is 19.1 Å². The lowest BCUT2D eigenvalue weighted by molar-refractivity contribution is 0.0740. The van der Waals surface area contributed by atoms with Gasteiger partial charge >= 0.3 is 0 Å². The van der Waals surface area contributed by atoms with Crippen LogP contribution in [0.1, 0.15) is 36.6 Å². The Labute approximate surface area is 166 Å². The fraction of sp³-hybridized carbons (Fsp3) is 0.476. The number of carbonyl (C=O) groups excluding carboxylic acids is 1. The zero-order valence-corrected chi connectivity index (χ0v) is 17.1. The minimum Gasteiger partial charge on any atom is -0.495 e. The Morgan fingerprint density at radius 3 is 2.61 bits per heavy atom. The molecule has 0 aliphatic carbocycles. The van der Waals surface area contributed by atoms with E-state index >= 15 is 0 Å². The van der Waals surface area contributed by atoms with Crippen molar-refractivity contribution < 1.29 is 9.53 Å². The standard InChI is InChI=1S/C21H29N5O2/c1-5-15(2)22-20-14-17(23-16(3)24-20)21(27)26-12-10-25(11-13-26)18-8-6-7-9-19(18)28-4/h6-9,14-15H,5,10-13H2,1-4H3,(H,22,23,24). The summed E-state index contributed by atoms with van der Waals surface area (Å²) in [6, 6.07) is 10.0. The Kier molecular flexibility index (Phi) is 6.34. The van der Waals surface area contributed by atoms with Gasteiger partial charge in [0.15, 0.2) is 0 Å². The average molecular weight is 383 g/mol. The summed E-state index contributed by atoms with van der Waals surface area (Å²) in [6.45, 7) is 8.83. The quantitative estimate of drug-likeness (QED) is 0.827. The number of amides is 1. The van der Waals surface area contributed by atoms with E-state index in [1.54, 1.807) is 13.2 Å². The Hall–Kier alpha value is -2.83. The first kappa shape index (κ1) is 19.9. The van der Waals surface area contributed by atoms with Crippen LogP contribution in [0.25, 0.3) is 0 Å². The van der Waals surface area contributed by atoms with E-state index in [9.17, 15) is 4.79 Å². The smallest absolute Gasteiger partial charge is 0.272 e. The van der Waals surface area contributed by atoms with Gasteiger partial charge in [0.25, 0.3) is 5.91 Å². The van der Waals surface area contributed by atoms with Crippen molar-refractivity contribution in [1.29, 1.82) is 0 Å². The summed E-state index contributed by atoms with van der Waals surface area (Å²) in [6.07, 6.45) is 0.983. The molecule has 1 saturated heterocycles. The zero-order chi connectivity index (χ0) is 20.1. The molecular formula is C21H29N5O2. The number of benzene rings is 1. The third-order valence-electron chi connectivity index (χ3n) is 5.06. The van der Waals surface area contributed by atoms with Gasteiger partial charge in [-0.2, -0.15) is 0 Å². The molecule has 2 heterocycles. The topological polar surface area (TPSA) is 70.6 Å². The highest BCUT2D eigenvalue weighted by atomic mass is 16.5. The molecule has 3 rings (SSSR count). The number of aryl methyl sites for hydroxylation is 1. The van der Waals surface area contributed by atoms with E-state index in [4.69, 9.17) is 4.74 Å². The largest absolute Gasteiger partial charge is 0.495 e. The lowest BCUT2D eigenvalue weighted by Crippen LogP contribution is -2.49. The number of anilines is 2. The number of hydrogen-bond acceptors (Lipinski definition) is 6. The average Bonchev–Trinajstić information content (AvgIpc) is 2.72. The van der Waals surface area contributed by atoms with Crippen molar-refractivity contribution in [3.63, 3.8) is 0 Å². The normalized spacial score (nSPS) is 15.3. The van der Waals surface area contributed by atoms with Crippen LogP contribution in [0, 0.1) is 6.92 Å². The van der Waals surface area contributed by atoms with Gasteiger partial charge in [0.2, 0.25) is 0 Å². The number of ether oxygens (including phenoxy) is 1. The molecule has 28 heavy (non-hydrogen) atoms. The van der Waals surface area contributed by atoms with Crippen molar-refractivity contribution >= 4 is 17.4 Å². The number of piperazine rings is 1. The molecule has 1 amide bonds. The Balaban J connectivity index is 1.68. The molecule has 0 saturated carbocycles. The monoisotopic (exact) mass is 383 g/mol. The summed E-state index contributed by atoms with van der Waals surface area (Å²) in [4.78, 5) is 25.9. The molecule has 0 radical (unpaired) electrons. The van der Waals surface area contributed by atoms with E-state index in [0.717, 1.165) is 30.9 Å². The summed E-state index contributed by atoms with van der Waals surface area (Å²) >= 11 is 0. The number of hydrogen-bond donors (Lipinski definition) is 1. The maximum absolute atomic E-state index is 13.0. The lowest BCUT2D eigenvalue weighted by Gasteiger charge is -2.36. The van der Waals surface area contributed by atoms with E-state index in [0.29, 0.717) is 36.5 Å². The fourth-order valence-electron chi connectivity index (χ4n) is 3.31. The van der Waals surface area contributed by atoms with E-state index in [-0.39, 0.29) is 5.91 Å². The number of carbonyl (C=O) groups is 1. The predicted octanol–water partition coefficient (Wildman–Crippen LogP) is 2.97. The van der Waals surface area contributed by atoms with Crippen LogP contribution >= 0.6 is 0 Å². The molecule has 2 aromatic rings. The molecule has 150 valence electrons. The minimum absolute atomic E-state index is 0.0441. The van der Waals surface area contributed by atoms with Gasteiger partial charge < -0.3 is 19.9 Å². The molecule has 7 nitrogen and oxygen atoms in total. The number of rotatable bonds is 6. The molecule has 0 spiro atoms. The van der Waals surface area contributed by atoms with Crippen LogP contribution in [0.4, 0.5) is 11.5 Å². The number of methoxy groups -OCH3 is 1. The zero-order valence-electron chi connectivity index (χ0n) is 17.1. The van der Waals surface area contributed by atoms with Gasteiger partial charge in [-0.05, 0) is 32.4 Å². The van der Waals surface area contributed by atoms with Gasteiger partial charge in [-0.3, -0.25) is 4.79 Å². The van der Waals surface area contributed by atoms with Crippen LogP contribution in [0.5, 0.6) is 5.75 Å². The molecule has 1 unspecified atom stereocenters. The van der Waals surface area contributed by atoms with Crippen molar-refractivity contribution in [3.8, 4) is 5.75 Å². The molecule has 0 bridgehead atoms. The van der Waals surface area contributed by atoms with Crippen LogP contribution in [0.3, 0.4) is 0 Å². The van der Waals surface area contributed by atoms with Gasteiger partial charge in [0.05, 0.1) is 12.8 Å². The van der Waals surface area contributed by atoms with Gasteiger partial charge in [0.1, 0.15) is 23.1 Å². The SMILES string of the molecule is CCC(C)Nc1cc(C(=O)N2CCN(c3ccccc3OC)CC2)nc(C)n1. The number of nitrogens with zero attached hydrogens (tertiary/aromatic N) is 4. The first-order chi connectivity index (χ1) is 13.5. The number of nitrogens with one attached hydrogen (secondary N) is 1. The minimum atomic E-state index is -0.0441. The second-order valence-electron chi connectivity index (χ2n) is 7.09. The Bertz CT molecular complexity index is 818. The Morgan fingerprint density at radius 1 is 1.21 bits per heavy atom. The van der Waals surface area contributed by atoms with E-state index in [2.05, 4.69) is 40.1 Å². The first-order valence-corrected chi connectivity index (χ1v) is 9.81. The maximum atomic E-state index is 13.0. The molecular weight excluding hydrogens is 354 g/mol. The van der Waals surface area contributed by atoms with Crippen molar-refractivity contribution in [2.24, 2.45) is 0 Å². The van der Waals surface area contributed by atoms with Crippen molar-refractivity contribution in [1.82, 2.24) is 14.9 Å². The van der Waals surface area contributed by atoms with Gasteiger partial charge in [0, 0.05) is 38.3 Å². The highest BCUT2D eigenvalue weighted by Crippen LogP contribution is 2.28.